The number of carbonyl (C=O) groups is 1. The average molecular weight is 186 g/mol. The van der Waals surface area contributed by atoms with Gasteiger partial charge in [0.2, 0.25) is 5.91 Å². The van der Waals surface area contributed by atoms with Crippen molar-refractivity contribution < 1.29 is 9.90 Å². The zero-order valence-electron chi connectivity index (χ0n) is 8.26. The van der Waals surface area contributed by atoms with E-state index in [0.29, 0.717) is 0 Å². The van der Waals surface area contributed by atoms with Crippen molar-refractivity contribution in [3.8, 4) is 0 Å². The van der Waals surface area contributed by atoms with Crippen LogP contribution in [0.25, 0.3) is 0 Å². The van der Waals surface area contributed by atoms with Crippen LogP contribution in [0.1, 0.15) is 20.3 Å². The van der Waals surface area contributed by atoms with Crippen LogP contribution in [0.15, 0.2) is 0 Å². The Labute approximate surface area is 78.7 Å². The lowest BCUT2D eigenvalue weighted by atomic mass is 9.88. The summed E-state index contributed by atoms with van der Waals surface area (Å²) in [5, 5.41) is 14.7. The predicted octanol–water partition coefficient (Wildman–Crippen LogP) is -0.517. The molecule has 13 heavy (non-hydrogen) atoms. The first-order valence-corrected chi connectivity index (χ1v) is 4.71. The molecular formula is C9H18N2O2. The molecule has 1 heterocycles. The Bertz CT molecular complexity index is 188. The van der Waals surface area contributed by atoms with Gasteiger partial charge in [0.25, 0.3) is 0 Å². The van der Waals surface area contributed by atoms with Gasteiger partial charge in [-0.1, -0.05) is 0 Å². The molecule has 0 radical (unpaired) electrons. The van der Waals surface area contributed by atoms with E-state index < -0.39 is 0 Å². The van der Waals surface area contributed by atoms with Gasteiger partial charge in [-0.25, -0.2) is 0 Å². The highest BCUT2D eigenvalue weighted by molar-refractivity contribution is 5.83. The Hall–Kier alpha value is -0.610. The molecule has 2 atom stereocenters. The molecule has 0 bridgehead atoms. The minimum Gasteiger partial charge on any atom is -0.394 e. The first-order chi connectivity index (χ1) is 6.08. The Kier molecular flexibility index (Phi) is 3.27. The van der Waals surface area contributed by atoms with E-state index in [-0.39, 0.29) is 24.0 Å². The van der Waals surface area contributed by atoms with Crippen molar-refractivity contribution in [1.82, 2.24) is 10.6 Å². The van der Waals surface area contributed by atoms with Crippen LogP contribution in [0.2, 0.25) is 0 Å². The summed E-state index contributed by atoms with van der Waals surface area (Å²) in [5.74, 6) is 0.0408. The lowest BCUT2D eigenvalue weighted by molar-refractivity contribution is -0.130. The van der Waals surface area contributed by atoms with Crippen molar-refractivity contribution in [2.75, 3.05) is 19.7 Å². The Morgan fingerprint density at radius 3 is 2.92 bits per heavy atom. The van der Waals surface area contributed by atoms with Gasteiger partial charge in [-0.2, -0.15) is 0 Å². The second-order valence-corrected chi connectivity index (χ2v) is 4.04. The third-order valence-corrected chi connectivity index (χ3v) is 2.57. The fourth-order valence-electron chi connectivity index (χ4n) is 1.45. The normalized spacial score (nSPS) is 30.1. The summed E-state index contributed by atoms with van der Waals surface area (Å²) in [4.78, 5) is 11.7. The first-order valence-electron chi connectivity index (χ1n) is 4.71. The van der Waals surface area contributed by atoms with Crippen molar-refractivity contribution in [3.63, 3.8) is 0 Å². The van der Waals surface area contributed by atoms with Crippen LogP contribution in [-0.2, 0) is 4.79 Å². The highest BCUT2D eigenvalue weighted by atomic mass is 16.3. The topological polar surface area (TPSA) is 61.4 Å². The van der Waals surface area contributed by atoms with Crippen LogP contribution in [0.4, 0.5) is 0 Å². The Balaban J connectivity index is 2.46. The summed E-state index contributed by atoms with van der Waals surface area (Å²) >= 11 is 0. The van der Waals surface area contributed by atoms with Gasteiger partial charge in [0.1, 0.15) is 0 Å². The van der Waals surface area contributed by atoms with Gasteiger partial charge in [0.15, 0.2) is 0 Å². The molecule has 0 saturated carbocycles. The zero-order chi connectivity index (χ0) is 9.90. The van der Waals surface area contributed by atoms with E-state index in [1.165, 1.54) is 0 Å². The predicted molar refractivity (Wildman–Crippen MR) is 50.3 cm³/mol. The van der Waals surface area contributed by atoms with Gasteiger partial charge in [0.05, 0.1) is 12.0 Å². The van der Waals surface area contributed by atoms with Crippen LogP contribution < -0.4 is 10.6 Å². The molecule has 3 N–H and O–H groups in total. The Morgan fingerprint density at radius 1 is 1.77 bits per heavy atom. The molecular weight excluding hydrogens is 168 g/mol. The monoisotopic (exact) mass is 186 g/mol. The molecule has 76 valence electrons. The largest absolute Gasteiger partial charge is 0.394 e. The third-order valence-electron chi connectivity index (χ3n) is 2.57. The van der Waals surface area contributed by atoms with Crippen molar-refractivity contribution in [2.24, 2.45) is 5.41 Å². The molecule has 4 nitrogen and oxygen atoms in total. The van der Waals surface area contributed by atoms with Crippen LogP contribution >= 0.6 is 0 Å². The van der Waals surface area contributed by atoms with Crippen molar-refractivity contribution >= 4 is 5.91 Å². The number of carbonyl (C=O) groups excluding carboxylic acids is 1. The number of rotatable bonds is 3. The zero-order valence-corrected chi connectivity index (χ0v) is 8.26. The maximum atomic E-state index is 11.7. The first kappa shape index (κ1) is 10.5. The van der Waals surface area contributed by atoms with E-state index in [9.17, 15) is 4.79 Å². The second-order valence-electron chi connectivity index (χ2n) is 4.04. The number of amides is 1. The molecule has 0 spiro atoms. The molecule has 0 aliphatic carbocycles. The maximum absolute atomic E-state index is 11.7. The highest BCUT2D eigenvalue weighted by Crippen LogP contribution is 2.24. The van der Waals surface area contributed by atoms with Gasteiger partial charge in [0, 0.05) is 12.6 Å². The van der Waals surface area contributed by atoms with E-state index in [0.717, 1.165) is 19.5 Å². The van der Waals surface area contributed by atoms with Crippen LogP contribution in [0, 0.1) is 5.41 Å². The Morgan fingerprint density at radius 2 is 2.46 bits per heavy atom. The summed E-state index contributed by atoms with van der Waals surface area (Å²) in [6.45, 7) is 5.37. The summed E-state index contributed by atoms with van der Waals surface area (Å²) in [6, 6.07) is -0.148. The van der Waals surface area contributed by atoms with Gasteiger partial charge in [-0.3, -0.25) is 4.79 Å². The second kappa shape index (κ2) is 4.07. The molecule has 1 aliphatic heterocycles. The molecule has 4 heteroatoms. The van der Waals surface area contributed by atoms with Crippen LogP contribution in [0.5, 0.6) is 0 Å². The average Bonchev–Trinajstić information content (AvgIpc) is 2.53. The highest BCUT2D eigenvalue weighted by Gasteiger charge is 2.36. The summed E-state index contributed by atoms with van der Waals surface area (Å²) in [5.41, 5.74) is -0.288. The number of hydrogen-bond donors (Lipinski definition) is 3. The van der Waals surface area contributed by atoms with Crippen molar-refractivity contribution in [3.05, 3.63) is 0 Å². The minimum atomic E-state index is -0.288. The SMILES string of the molecule is C[C@H](CO)NC(=O)C1(C)CCNC1. The van der Waals surface area contributed by atoms with E-state index in [4.69, 9.17) is 5.11 Å². The van der Waals surface area contributed by atoms with Gasteiger partial charge in [-0.15, -0.1) is 0 Å². The van der Waals surface area contributed by atoms with E-state index in [1.807, 2.05) is 6.92 Å². The molecule has 1 rings (SSSR count). The number of aliphatic hydroxyl groups is 1. The fraction of sp³-hybridized carbons (Fsp3) is 0.889. The number of hydrogen-bond acceptors (Lipinski definition) is 3. The van der Waals surface area contributed by atoms with E-state index in [1.54, 1.807) is 6.92 Å². The van der Waals surface area contributed by atoms with Gasteiger partial charge >= 0.3 is 0 Å². The molecule has 1 unspecified atom stereocenters. The maximum Gasteiger partial charge on any atom is 0.227 e. The fourth-order valence-corrected chi connectivity index (χ4v) is 1.45. The van der Waals surface area contributed by atoms with Crippen molar-refractivity contribution in [2.45, 2.75) is 26.3 Å². The van der Waals surface area contributed by atoms with Crippen molar-refractivity contribution in [1.29, 1.82) is 0 Å². The molecule has 1 aliphatic rings. The molecule has 1 fully saturated rings. The van der Waals surface area contributed by atoms with Gasteiger partial charge < -0.3 is 15.7 Å². The lowest BCUT2D eigenvalue weighted by Crippen LogP contribution is -2.45. The summed E-state index contributed by atoms with van der Waals surface area (Å²) in [6.07, 6.45) is 0.872. The molecule has 0 aromatic rings. The molecule has 0 aromatic carbocycles. The molecule has 1 amide bonds. The number of aliphatic hydroxyl groups excluding tert-OH is 1. The standard InChI is InChI=1S/C9H18N2O2/c1-7(5-12)11-8(13)9(2)3-4-10-6-9/h7,10,12H,3-6H2,1-2H3,(H,11,13)/t7-,9?/m1/s1. The van der Waals surface area contributed by atoms with E-state index >= 15 is 0 Å². The lowest BCUT2D eigenvalue weighted by Gasteiger charge is -2.23. The summed E-state index contributed by atoms with van der Waals surface area (Å²) in [7, 11) is 0. The van der Waals surface area contributed by atoms with Crippen LogP contribution in [-0.4, -0.2) is 36.8 Å². The quantitative estimate of drug-likeness (QED) is 0.556. The smallest absolute Gasteiger partial charge is 0.227 e. The summed E-state index contributed by atoms with van der Waals surface area (Å²) < 4.78 is 0. The molecule has 0 aromatic heterocycles. The van der Waals surface area contributed by atoms with E-state index in [2.05, 4.69) is 10.6 Å². The number of nitrogens with one attached hydrogen (secondary N) is 2. The third kappa shape index (κ3) is 2.42. The minimum absolute atomic E-state index is 0.00471. The van der Waals surface area contributed by atoms with Crippen LogP contribution in [0.3, 0.4) is 0 Å². The van der Waals surface area contributed by atoms with Gasteiger partial charge in [-0.05, 0) is 26.8 Å². The molecule has 1 saturated heterocycles.